The van der Waals surface area contributed by atoms with Gasteiger partial charge in [0, 0.05) is 46.9 Å². The van der Waals surface area contributed by atoms with Gasteiger partial charge < -0.3 is 15.0 Å². The van der Waals surface area contributed by atoms with E-state index in [2.05, 4.69) is 10.3 Å². The normalized spacial score (nSPS) is 10.7. The van der Waals surface area contributed by atoms with Gasteiger partial charge in [0.25, 0.3) is 11.6 Å². The van der Waals surface area contributed by atoms with Gasteiger partial charge in [-0.15, -0.1) is 0 Å². The number of carbonyl (C=O) groups is 1. The minimum absolute atomic E-state index is 0.0641. The van der Waals surface area contributed by atoms with E-state index in [9.17, 15) is 14.9 Å². The van der Waals surface area contributed by atoms with Crippen molar-refractivity contribution in [2.24, 2.45) is 0 Å². The molecular formula is C23H19N3O4. The maximum absolute atomic E-state index is 12.9. The molecule has 0 fully saturated rings. The summed E-state index contributed by atoms with van der Waals surface area (Å²) in [5, 5.41) is 14.4. The van der Waals surface area contributed by atoms with Crippen molar-refractivity contribution in [1.29, 1.82) is 0 Å². The van der Waals surface area contributed by atoms with E-state index in [0.29, 0.717) is 28.6 Å². The highest BCUT2D eigenvalue weighted by Crippen LogP contribution is 2.27. The fourth-order valence-corrected chi connectivity index (χ4v) is 3.42. The molecule has 1 heterocycles. The van der Waals surface area contributed by atoms with E-state index < -0.39 is 4.92 Å². The number of non-ortho nitro benzene ring substituents is 1. The van der Waals surface area contributed by atoms with E-state index in [1.807, 2.05) is 42.5 Å². The van der Waals surface area contributed by atoms with Gasteiger partial charge in [0.05, 0.1) is 17.6 Å². The van der Waals surface area contributed by atoms with Gasteiger partial charge in [0.1, 0.15) is 5.75 Å². The Hall–Kier alpha value is -4.13. The standard InChI is InChI=1S/C23H19N3O4/c1-30-22-10-7-17(12-16(22)11-15-5-3-2-4-6-15)25-23(27)20-14-24-21-9-8-18(26(28)29)13-19(20)21/h2-10,12-14,24H,11H2,1H3,(H,25,27). The maximum Gasteiger partial charge on any atom is 0.270 e. The van der Waals surface area contributed by atoms with Gasteiger partial charge >= 0.3 is 0 Å². The molecule has 0 saturated heterocycles. The molecule has 0 atom stereocenters. The van der Waals surface area contributed by atoms with Crippen molar-refractivity contribution in [3.05, 3.63) is 99.7 Å². The predicted molar refractivity (Wildman–Crippen MR) is 115 cm³/mol. The quantitative estimate of drug-likeness (QED) is 0.354. The van der Waals surface area contributed by atoms with Gasteiger partial charge in [-0.2, -0.15) is 0 Å². The number of aromatic nitrogens is 1. The number of fused-ring (bicyclic) bond motifs is 1. The molecule has 0 saturated carbocycles. The second-order valence-electron chi connectivity index (χ2n) is 6.83. The van der Waals surface area contributed by atoms with Crippen LogP contribution in [0.3, 0.4) is 0 Å². The Labute approximate surface area is 172 Å². The van der Waals surface area contributed by atoms with Crippen LogP contribution >= 0.6 is 0 Å². The summed E-state index contributed by atoms with van der Waals surface area (Å²) in [6.07, 6.45) is 2.21. The largest absolute Gasteiger partial charge is 0.496 e. The summed E-state index contributed by atoms with van der Waals surface area (Å²) in [4.78, 5) is 26.4. The molecule has 0 aliphatic rings. The van der Waals surface area contributed by atoms with Crippen molar-refractivity contribution in [2.45, 2.75) is 6.42 Å². The molecular weight excluding hydrogens is 382 g/mol. The van der Waals surface area contributed by atoms with E-state index in [4.69, 9.17) is 4.74 Å². The number of hydrogen-bond acceptors (Lipinski definition) is 4. The number of nitro groups is 1. The molecule has 4 aromatic rings. The lowest BCUT2D eigenvalue weighted by molar-refractivity contribution is -0.384. The van der Waals surface area contributed by atoms with Gasteiger partial charge in [-0.1, -0.05) is 30.3 Å². The van der Waals surface area contributed by atoms with Crippen LogP contribution in [-0.2, 0) is 6.42 Å². The molecule has 7 heteroatoms. The molecule has 30 heavy (non-hydrogen) atoms. The topological polar surface area (TPSA) is 97.3 Å². The Morgan fingerprint density at radius 1 is 1.10 bits per heavy atom. The monoisotopic (exact) mass is 401 g/mol. The van der Waals surface area contributed by atoms with Crippen LogP contribution in [-0.4, -0.2) is 22.9 Å². The number of amides is 1. The van der Waals surface area contributed by atoms with Crippen LogP contribution < -0.4 is 10.1 Å². The number of methoxy groups -OCH3 is 1. The number of carbonyl (C=O) groups excluding carboxylic acids is 1. The van der Waals surface area contributed by atoms with Crippen LogP contribution in [0.5, 0.6) is 5.75 Å². The highest BCUT2D eigenvalue weighted by molar-refractivity contribution is 6.13. The number of hydrogen-bond donors (Lipinski definition) is 2. The molecule has 4 rings (SSSR count). The van der Waals surface area contributed by atoms with Crippen molar-refractivity contribution >= 4 is 28.2 Å². The van der Waals surface area contributed by atoms with Gasteiger partial charge in [-0.3, -0.25) is 14.9 Å². The Kier molecular flexibility index (Phi) is 5.17. The summed E-state index contributed by atoms with van der Waals surface area (Å²) < 4.78 is 5.46. The predicted octanol–water partition coefficient (Wildman–Crippen LogP) is 4.93. The molecule has 0 unspecified atom stereocenters. The van der Waals surface area contributed by atoms with Crippen molar-refractivity contribution in [3.8, 4) is 5.75 Å². The molecule has 150 valence electrons. The first kappa shape index (κ1) is 19.2. The number of benzene rings is 3. The van der Waals surface area contributed by atoms with Crippen LogP contribution in [0.1, 0.15) is 21.5 Å². The van der Waals surface area contributed by atoms with Gasteiger partial charge in [0.15, 0.2) is 0 Å². The molecule has 1 aromatic heterocycles. The Morgan fingerprint density at radius 3 is 2.63 bits per heavy atom. The van der Waals surface area contributed by atoms with Crippen LogP contribution in [0.25, 0.3) is 10.9 Å². The van der Waals surface area contributed by atoms with Crippen LogP contribution in [0.2, 0.25) is 0 Å². The first-order chi connectivity index (χ1) is 14.5. The third-order valence-corrected chi connectivity index (χ3v) is 4.90. The number of ether oxygens (including phenoxy) is 1. The molecule has 3 aromatic carbocycles. The van der Waals surface area contributed by atoms with E-state index in [1.165, 1.54) is 12.1 Å². The zero-order valence-corrected chi connectivity index (χ0v) is 16.2. The van der Waals surface area contributed by atoms with Crippen molar-refractivity contribution in [3.63, 3.8) is 0 Å². The number of aromatic amines is 1. The minimum atomic E-state index is -0.479. The molecule has 0 aliphatic heterocycles. The van der Waals surface area contributed by atoms with E-state index in [-0.39, 0.29) is 11.6 Å². The summed E-state index contributed by atoms with van der Waals surface area (Å²) in [7, 11) is 1.61. The van der Waals surface area contributed by atoms with Gasteiger partial charge in [-0.05, 0) is 29.8 Å². The van der Waals surface area contributed by atoms with Crippen molar-refractivity contribution < 1.29 is 14.5 Å². The number of rotatable bonds is 6. The summed E-state index contributed by atoms with van der Waals surface area (Å²) in [5.74, 6) is 0.386. The molecule has 0 spiro atoms. The third kappa shape index (κ3) is 3.86. The first-order valence-electron chi connectivity index (χ1n) is 9.33. The summed E-state index contributed by atoms with van der Waals surface area (Å²) in [5.41, 5.74) is 3.62. The van der Waals surface area contributed by atoms with Crippen molar-refractivity contribution in [2.75, 3.05) is 12.4 Å². The average molecular weight is 401 g/mol. The lowest BCUT2D eigenvalue weighted by Gasteiger charge is -2.12. The fraction of sp³-hybridized carbons (Fsp3) is 0.0870. The van der Waals surface area contributed by atoms with E-state index >= 15 is 0 Å². The number of H-pyrrole nitrogens is 1. The lowest BCUT2D eigenvalue weighted by atomic mass is 10.0. The smallest absolute Gasteiger partial charge is 0.270 e. The second-order valence-corrected chi connectivity index (χ2v) is 6.83. The fourth-order valence-electron chi connectivity index (χ4n) is 3.42. The number of nitro benzene ring substituents is 1. The Morgan fingerprint density at radius 2 is 1.90 bits per heavy atom. The molecule has 0 aliphatic carbocycles. The summed E-state index contributed by atoms with van der Waals surface area (Å²) in [6.45, 7) is 0. The minimum Gasteiger partial charge on any atom is -0.496 e. The summed E-state index contributed by atoms with van der Waals surface area (Å²) >= 11 is 0. The van der Waals surface area contributed by atoms with Crippen LogP contribution in [0.15, 0.2) is 72.9 Å². The van der Waals surface area contributed by atoms with Gasteiger partial charge in [-0.25, -0.2) is 0 Å². The number of nitrogens with zero attached hydrogens (tertiary/aromatic N) is 1. The lowest BCUT2D eigenvalue weighted by Crippen LogP contribution is -2.11. The Balaban J connectivity index is 1.62. The van der Waals surface area contributed by atoms with Crippen molar-refractivity contribution in [1.82, 2.24) is 4.98 Å². The highest BCUT2D eigenvalue weighted by atomic mass is 16.6. The molecule has 7 nitrogen and oxygen atoms in total. The van der Waals surface area contributed by atoms with Crippen LogP contribution in [0, 0.1) is 10.1 Å². The molecule has 0 bridgehead atoms. The zero-order valence-electron chi connectivity index (χ0n) is 16.2. The summed E-state index contributed by atoms with van der Waals surface area (Å²) in [6, 6.07) is 19.8. The second kappa shape index (κ2) is 8.08. The molecule has 1 amide bonds. The average Bonchev–Trinajstić information content (AvgIpc) is 3.18. The molecule has 0 radical (unpaired) electrons. The number of nitrogens with one attached hydrogen (secondary N) is 2. The Bertz CT molecular complexity index is 1230. The third-order valence-electron chi connectivity index (χ3n) is 4.90. The zero-order chi connectivity index (χ0) is 21.1. The van der Waals surface area contributed by atoms with Gasteiger partial charge in [0.2, 0.25) is 0 Å². The first-order valence-corrected chi connectivity index (χ1v) is 9.33. The van der Waals surface area contributed by atoms with E-state index in [1.54, 1.807) is 25.4 Å². The van der Waals surface area contributed by atoms with E-state index in [0.717, 1.165) is 16.9 Å². The molecule has 2 N–H and O–H groups in total. The maximum atomic E-state index is 12.9. The highest BCUT2D eigenvalue weighted by Gasteiger charge is 2.16. The van der Waals surface area contributed by atoms with Crippen LogP contribution in [0.4, 0.5) is 11.4 Å². The SMILES string of the molecule is COc1ccc(NC(=O)c2c[nH]c3ccc([N+](=O)[O-])cc23)cc1Cc1ccccc1. The number of anilines is 1.